The zero-order chi connectivity index (χ0) is 17.2. The minimum atomic E-state index is -0.579. The van der Waals surface area contributed by atoms with Crippen LogP contribution in [-0.4, -0.2) is 35.0 Å². The number of amides is 1. The third-order valence-corrected chi connectivity index (χ3v) is 4.15. The van der Waals surface area contributed by atoms with Crippen molar-refractivity contribution in [2.24, 2.45) is 0 Å². The number of ketones is 1. The van der Waals surface area contributed by atoms with Crippen molar-refractivity contribution >= 4 is 27.8 Å². The zero-order valence-electron chi connectivity index (χ0n) is 13.6. The minimum Gasteiger partial charge on any atom is -0.444 e. The van der Waals surface area contributed by atoms with Gasteiger partial charge in [0.25, 0.3) is 0 Å². The van der Waals surface area contributed by atoms with Gasteiger partial charge in [0.15, 0.2) is 5.78 Å². The average Bonchev–Trinajstić information content (AvgIpc) is 2.87. The SMILES string of the molecule is CC(C)(C)OC(=O)N1CCCC1CC(=O)c1cc(Br)ccc1F. The Kier molecular flexibility index (Phi) is 5.45. The molecule has 1 aliphatic heterocycles. The molecule has 0 N–H and O–H groups in total. The molecule has 1 aromatic carbocycles. The Morgan fingerprint density at radius 1 is 1.39 bits per heavy atom. The Balaban J connectivity index is 2.07. The Hall–Kier alpha value is -1.43. The Bertz CT molecular complexity index is 612. The zero-order valence-corrected chi connectivity index (χ0v) is 15.2. The number of nitrogens with zero attached hydrogens (tertiary/aromatic N) is 1. The molecule has 1 aliphatic rings. The highest BCUT2D eigenvalue weighted by atomic mass is 79.9. The second-order valence-electron chi connectivity index (χ2n) is 6.72. The summed E-state index contributed by atoms with van der Waals surface area (Å²) >= 11 is 3.24. The van der Waals surface area contributed by atoms with Gasteiger partial charge >= 0.3 is 6.09 Å². The molecule has 1 heterocycles. The Labute approximate surface area is 144 Å². The fraction of sp³-hybridized carbons (Fsp3) is 0.529. The first-order chi connectivity index (χ1) is 10.7. The molecule has 0 spiro atoms. The largest absolute Gasteiger partial charge is 0.444 e. The van der Waals surface area contributed by atoms with Crippen LogP contribution >= 0.6 is 15.9 Å². The van der Waals surface area contributed by atoms with Gasteiger partial charge in [-0.3, -0.25) is 4.79 Å². The van der Waals surface area contributed by atoms with Crippen LogP contribution in [-0.2, 0) is 4.74 Å². The summed E-state index contributed by atoms with van der Waals surface area (Å²) in [6.45, 7) is 5.97. The van der Waals surface area contributed by atoms with Gasteiger partial charge in [-0.1, -0.05) is 15.9 Å². The van der Waals surface area contributed by atoms with E-state index in [0.29, 0.717) is 11.0 Å². The van der Waals surface area contributed by atoms with Crippen LogP contribution < -0.4 is 0 Å². The van der Waals surface area contributed by atoms with Gasteiger partial charge in [0, 0.05) is 23.5 Å². The van der Waals surface area contributed by atoms with Crippen LogP contribution in [0.15, 0.2) is 22.7 Å². The molecular weight excluding hydrogens is 365 g/mol. The van der Waals surface area contributed by atoms with Gasteiger partial charge in [0.2, 0.25) is 0 Å². The number of hydrogen-bond acceptors (Lipinski definition) is 3. The molecule has 6 heteroatoms. The maximum Gasteiger partial charge on any atom is 0.410 e. The molecule has 23 heavy (non-hydrogen) atoms. The van der Waals surface area contributed by atoms with Crippen LogP contribution in [0.3, 0.4) is 0 Å². The lowest BCUT2D eigenvalue weighted by Gasteiger charge is -2.28. The molecule has 1 atom stereocenters. The first kappa shape index (κ1) is 17.9. The fourth-order valence-electron chi connectivity index (χ4n) is 2.64. The molecule has 1 saturated heterocycles. The van der Waals surface area contributed by atoms with Crippen LogP contribution in [0.5, 0.6) is 0 Å². The summed E-state index contributed by atoms with van der Waals surface area (Å²) in [5, 5.41) is 0. The van der Waals surface area contributed by atoms with E-state index < -0.39 is 17.5 Å². The summed E-state index contributed by atoms with van der Waals surface area (Å²) in [6, 6.07) is 4.05. The number of likely N-dealkylation sites (tertiary alicyclic amines) is 1. The number of Topliss-reactive ketones (excluding diaryl/α,β-unsaturated/α-hetero) is 1. The van der Waals surface area contributed by atoms with E-state index in [-0.39, 0.29) is 23.8 Å². The summed E-state index contributed by atoms with van der Waals surface area (Å²) in [7, 11) is 0. The van der Waals surface area contributed by atoms with Crippen molar-refractivity contribution in [2.45, 2.75) is 51.7 Å². The van der Waals surface area contributed by atoms with Gasteiger partial charge in [0.05, 0.1) is 5.56 Å². The number of rotatable bonds is 3. The van der Waals surface area contributed by atoms with Gasteiger partial charge in [-0.2, -0.15) is 0 Å². The quantitative estimate of drug-likeness (QED) is 0.716. The molecule has 1 unspecified atom stereocenters. The fourth-order valence-corrected chi connectivity index (χ4v) is 3.01. The topological polar surface area (TPSA) is 46.6 Å². The predicted molar refractivity (Wildman–Crippen MR) is 89.0 cm³/mol. The second kappa shape index (κ2) is 6.99. The van der Waals surface area contributed by atoms with E-state index >= 15 is 0 Å². The van der Waals surface area contributed by atoms with Crippen molar-refractivity contribution in [1.29, 1.82) is 0 Å². The summed E-state index contributed by atoms with van der Waals surface area (Å²) < 4.78 is 19.9. The van der Waals surface area contributed by atoms with Crippen LogP contribution in [0.25, 0.3) is 0 Å². The van der Waals surface area contributed by atoms with Crippen LogP contribution in [0.2, 0.25) is 0 Å². The van der Waals surface area contributed by atoms with Gasteiger partial charge in [0.1, 0.15) is 11.4 Å². The molecule has 0 bridgehead atoms. The number of hydrogen-bond donors (Lipinski definition) is 0. The smallest absolute Gasteiger partial charge is 0.410 e. The molecule has 1 aromatic rings. The highest BCUT2D eigenvalue weighted by molar-refractivity contribution is 9.10. The maximum absolute atomic E-state index is 13.8. The van der Waals surface area contributed by atoms with Crippen molar-refractivity contribution < 1.29 is 18.7 Å². The number of halogens is 2. The molecule has 1 amide bonds. The van der Waals surface area contributed by atoms with Crippen molar-refractivity contribution in [3.8, 4) is 0 Å². The summed E-state index contributed by atoms with van der Waals surface area (Å²) in [5.41, 5.74) is -0.527. The van der Waals surface area contributed by atoms with E-state index in [9.17, 15) is 14.0 Å². The molecule has 0 aromatic heterocycles. The summed E-state index contributed by atoms with van der Waals surface area (Å²) in [6.07, 6.45) is 1.23. The summed E-state index contributed by atoms with van der Waals surface area (Å²) in [4.78, 5) is 26.2. The van der Waals surface area contributed by atoms with Crippen LogP contribution in [0, 0.1) is 5.82 Å². The number of benzene rings is 1. The first-order valence-electron chi connectivity index (χ1n) is 7.65. The average molecular weight is 386 g/mol. The van der Waals surface area contributed by atoms with Crippen molar-refractivity contribution in [3.05, 3.63) is 34.1 Å². The van der Waals surface area contributed by atoms with Gasteiger partial charge in [-0.25, -0.2) is 9.18 Å². The van der Waals surface area contributed by atoms with E-state index in [0.717, 1.165) is 12.8 Å². The van der Waals surface area contributed by atoms with E-state index in [1.807, 2.05) is 0 Å². The third kappa shape index (κ3) is 4.77. The Morgan fingerprint density at radius 2 is 2.09 bits per heavy atom. The number of carbonyl (C=O) groups is 2. The predicted octanol–water partition coefficient (Wildman–Crippen LogP) is 4.56. The molecular formula is C17H21BrFNO3. The van der Waals surface area contributed by atoms with E-state index in [2.05, 4.69) is 15.9 Å². The van der Waals surface area contributed by atoms with Crippen molar-refractivity contribution in [1.82, 2.24) is 4.90 Å². The lowest BCUT2D eigenvalue weighted by molar-refractivity contribution is 0.0223. The first-order valence-corrected chi connectivity index (χ1v) is 8.44. The van der Waals surface area contributed by atoms with E-state index in [1.165, 1.54) is 12.1 Å². The summed E-state index contributed by atoms with van der Waals surface area (Å²) in [5.74, 6) is -0.843. The van der Waals surface area contributed by atoms with Crippen molar-refractivity contribution in [2.75, 3.05) is 6.54 Å². The number of carbonyl (C=O) groups excluding carboxylic acids is 2. The lowest BCUT2D eigenvalue weighted by atomic mass is 10.0. The van der Waals surface area contributed by atoms with Crippen LogP contribution in [0.4, 0.5) is 9.18 Å². The highest BCUT2D eigenvalue weighted by Crippen LogP contribution is 2.25. The molecule has 0 saturated carbocycles. The number of ether oxygens (including phenoxy) is 1. The van der Waals surface area contributed by atoms with Gasteiger partial charge in [-0.05, 0) is 51.8 Å². The van der Waals surface area contributed by atoms with Crippen molar-refractivity contribution in [3.63, 3.8) is 0 Å². The molecule has 0 radical (unpaired) electrons. The third-order valence-electron chi connectivity index (χ3n) is 3.65. The molecule has 2 rings (SSSR count). The van der Waals surface area contributed by atoms with E-state index in [1.54, 1.807) is 31.7 Å². The van der Waals surface area contributed by atoms with Gasteiger partial charge in [-0.15, -0.1) is 0 Å². The molecule has 4 nitrogen and oxygen atoms in total. The second-order valence-corrected chi connectivity index (χ2v) is 7.64. The molecule has 1 fully saturated rings. The lowest BCUT2D eigenvalue weighted by Crippen LogP contribution is -2.40. The molecule has 126 valence electrons. The minimum absolute atomic E-state index is 0.0513. The normalized spacial score (nSPS) is 18.1. The highest BCUT2D eigenvalue weighted by Gasteiger charge is 2.33. The maximum atomic E-state index is 13.8. The van der Waals surface area contributed by atoms with Gasteiger partial charge < -0.3 is 9.64 Å². The van der Waals surface area contributed by atoms with E-state index in [4.69, 9.17) is 4.74 Å². The Morgan fingerprint density at radius 3 is 2.74 bits per heavy atom. The monoisotopic (exact) mass is 385 g/mol. The van der Waals surface area contributed by atoms with Crippen LogP contribution in [0.1, 0.15) is 50.4 Å². The molecule has 0 aliphatic carbocycles. The standard InChI is InChI=1S/C17H21BrFNO3/c1-17(2,3)23-16(22)20-8-4-5-12(20)10-15(21)13-9-11(18)6-7-14(13)19/h6-7,9,12H,4-5,8,10H2,1-3H3.